The zero-order valence-electron chi connectivity index (χ0n) is 27.7. The van der Waals surface area contributed by atoms with Crippen molar-refractivity contribution in [3.05, 3.63) is 47.5 Å². The first-order valence-electron chi connectivity index (χ1n) is 16.6. The maximum atomic E-state index is 13.4. The van der Waals surface area contributed by atoms with Gasteiger partial charge in [-0.2, -0.15) is 0 Å². The van der Waals surface area contributed by atoms with Crippen molar-refractivity contribution < 1.29 is 23.5 Å². The van der Waals surface area contributed by atoms with Crippen LogP contribution in [0.3, 0.4) is 0 Å². The molecule has 0 bridgehead atoms. The Hall–Kier alpha value is -1.76. The highest BCUT2D eigenvalue weighted by molar-refractivity contribution is 6.77. The summed E-state index contributed by atoms with van der Waals surface area (Å²) < 4.78 is 18.6. The van der Waals surface area contributed by atoms with Gasteiger partial charge in [0.1, 0.15) is 6.29 Å². The van der Waals surface area contributed by atoms with Gasteiger partial charge in [-0.1, -0.05) is 96.9 Å². The molecule has 1 aromatic rings. The third-order valence-electron chi connectivity index (χ3n) is 10.7. The van der Waals surface area contributed by atoms with Crippen LogP contribution in [0.15, 0.2) is 42.0 Å². The molecular formula is C36H58O5Si. The molecule has 4 atom stereocenters. The van der Waals surface area contributed by atoms with E-state index in [0.717, 1.165) is 38.4 Å². The van der Waals surface area contributed by atoms with Crippen molar-refractivity contribution in [1.82, 2.24) is 0 Å². The largest absolute Gasteiger partial charge is 0.466 e. The van der Waals surface area contributed by atoms with Crippen LogP contribution in [-0.2, 0) is 30.1 Å². The first-order valence-corrected chi connectivity index (χ1v) is 18.7. The predicted octanol–water partition coefficient (Wildman–Crippen LogP) is 9.07. The molecule has 236 valence electrons. The van der Waals surface area contributed by atoms with Gasteiger partial charge in [-0.3, -0.25) is 4.79 Å². The Labute approximate surface area is 257 Å². The van der Waals surface area contributed by atoms with Gasteiger partial charge >= 0.3 is 5.97 Å². The first-order chi connectivity index (χ1) is 20.0. The van der Waals surface area contributed by atoms with E-state index >= 15 is 0 Å². The van der Waals surface area contributed by atoms with Crippen molar-refractivity contribution in [3.8, 4) is 0 Å². The van der Waals surface area contributed by atoms with E-state index in [1.165, 1.54) is 11.1 Å². The van der Waals surface area contributed by atoms with Gasteiger partial charge < -0.3 is 18.7 Å². The second kappa shape index (κ2) is 15.3. The van der Waals surface area contributed by atoms with E-state index in [-0.39, 0.29) is 17.3 Å². The number of carbonyl (C=O) groups excluding carboxylic acids is 2. The minimum atomic E-state index is -2.10. The molecule has 0 amide bonds. The van der Waals surface area contributed by atoms with Crippen LogP contribution in [0.2, 0.25) is 16.6 Å². The number of aldehydes is 1. The molecule has 0 saturated heterocycles. The van der Waals surface area contributed by atoms with Crippen LogP contribution in [0.1, 0.15) is 106 Å². The van der Waals surface area contributed by atoms with Crippen molar-refractivity contribution >= 4 is 20.6 Å². The molecular weight excluding hydrogens is 540 g/mol. The molecule has 0 spiro atoms. The Morgan fingerprint density at radius 3 is 2.29 bits per heavy atom. The van der Waals surface area contributed by atoms with E-state index in [9.17, 15) is 9.59 Å². The molecule has 0 heterocycles. The second-order valence-electron chi connectivity index (χ2n) is 14.0. The number of fused-ring (bicyclic) bond motifs is 1. The number of carbonyl (C=O) groups is 2. The third-order valence-corrected chi connectivity index (χ3v) is 16.8. The molecule has 0 aromatic heterocycles. The number of esters is 1. The quantitative estimate of drug-likeness (QED) is 0.0624. The number of rotatable bonds is 16. The van der Waals surface area contributed by atoms with Gasteiger partial charge in [-0.25, -0.2) is 0 Å². The lowest BCUT2D eigenvalue weighted by Crippen LogP contribution is -2.52. The summed E-state index contributed by atoms with van der Waals surface area (Å²) >= 11 is 0. The first kappa shape index (κ1) is 34.7. The predicted molar refractivity (Wildman–Crippen MR) is 174 cm³/mol. The zero-order chi connectivity index (χ0) is 31.0. The summed E-state index contributed by atoms with van der Waals surface area (Å²) in [6.07, 6.45) is 9.64. The van der Waals surface area contributed by atoms with E-state index in [2.05, 4.69) is 66.7 Å². The molecule has 0 N–H and O–H groups in total. The second-order valence-corrected chi connectivity index (χ2v) is 19.5. The van der Waals surface area contributed by atoms with Crippen molar-refractivity contribution in [3.63, 3.8) is 0 Å². The summed E-state index contributed by atoms with van der Waals surface area (Å²) in [5.74, 6) is -0.655. The van der Waals surface area contributed by atoms with Gasteiger partial charge in [0.25, 0.3) is 0 Å². The fourth-order valence-electron chi connectivity index (χ4n) is 8.70. The van der Waals surface area contributed by atoms with Crippen LogP contribution in [0.25, 0.3) is 0 Å². The van der Waals surface area contributed by atoms with Crippen LogP contribution in [-0.4, -0.2) is 40.4 Å². The highest BCUT2D eigenvalue weighted by atomic mass is 28.4. The number of hydrogen-bond donors (Lipinski definition) is 0. The highest BCUT2D eigenvalue weighted by Gasteiger charge is 2.56. The average Bonchev–Trinajstić information content (AvgIpc) is 2.95. The molecule has 2 aliphatic rings. The van der Waals surface area contributed by atoms with Crippen LogP contribution >= 0.6 is 0 Å². The number of allylic oxidation sites excluding steroid dienone is 2. The lowest BCUT2D eigenvalue weighted by Gasteiger charge is -2.53. The maximum absolute atomic E-state index is 13.4. The fourth-order valence-corrected chi connectivity index (χ4v) is 14.2. The lowest BCUT2D eigenvalue weighted by atomic mass is 9.50. The van der Waals surface area contributed by atoms with Crippen LogP contribution < -0.4 is 0 Å². The molecule has 42 heavy (non-hydrogen) atoms. The number of hydrogen-bond acceptors (Lipinski definition) is 5. The number of benzene rings is 1. The van der Waals surface area contributed by atoms with Crippen LogP contribution in [0, 0.1) is 22.7 Å². The van der Waals surface area contributed by atoms with E-state index in [0.29, 0.717) is 55.9 Å². The summed E-state index contributed by atoms with van der Waals surface area (Å²) in [6, 6.07) is 10.3. The third kappa shape index (κ3) is 7.30. The van der Waals surface area contributed by atoms with Crippen LogP contribution in [0.5, 0.6) is 0 Å². The average molecular weight is 599 g/mol. The van der Waals surface area contributed by atoms with Gasteiger partial charge in [0.2, 0.25) is 0 Å². The molecule has 2 aliphatic carbocycles. The van der Waals surface area contributed by atoms with Gasteiger partial charge in [-0.15, -0.1) is 0 Å². The van der Waals surface area contributed by atoms with Gasteiger partial charge in [0.15, 0.2) is 8.32 Å². The Balaban J connectivity index is 1.82. The summed E-state index contributed by atoms with van der Waals surface area (Å²) in [5, 5.41) is 0. The molecule has 0 aliphatic heterocycles. The summed E-state index contributed by atoms with van der Waals surface area (Å²) in [5.41, 5.74) is 3.18. The summed E-state index contributed by atoms with van der Waals surface area (Å²) in [4.78, 5) is 26.8. The van der Waals surface area contributed by atoms with E-state index in [4.69, 9.17) is 13.9 Å². The van der Waals surface area contributed by atoms with Gasteiger partial charge in [0, 0.05) is 18.6 Å². The smallest absolute Gasteiger partial charge is 0.310 e. The maximum Gasteiger partial charge on any atom is 0.310 e. The minimum Gasteiger partial charge on any atom is -0.466 e. The standard InChI is InChI=1S/C36H58O5Si/c1-9-40-34(38)33-19-18-31-32(36(33,26-37)22-24-41-42(27(2)3,28(4)5)29(6)7)17-13-20-35(31,8)21-14-23-39-25-30-15-11-10-12-16-30/h10-12,15-16,18,26-29,32-33H,9,13-14,17,19-25H2,1-8H3/t32-,33+,35+,36-/m0/s1. The van der Waals surface area contributed by atoms with E-state index in [1.54, 1.807) is 0 Å². The molecule has 1 saturated carbocycles. The molecule has 5 nitrogen and oxygen atoms in total. The Bertz CT molecular complexity index is 1010. The van der Waals surface area contributed by atoms with E-state index < -0.39 is 19.7 Å². The SMILES string of the molecule is CCOC(=O)[C@H]1CC=C2[C@H](CCC[C@]2(C)CCCOCc2ccccc2)[C@@]1(C=O)CCO[Si](C(C)C)(C(C)C)C(C)C. The summed E-state index contributed by atoms with van der Waals surface area (Å²) in [7, 11) is -2.10. The Kier molecular flexibility index (Phi) is 12.6. The van der Waals surface area contributed by atoms with Gasteiger partial charge in [-0.05, 0) is 79.0 Å². The molecule has 3 rings (SSSR count). The van der Waals surface area contributed by atoms with Crippen molar-refractivity contribution in [2.45, 2.75) is 124 Å². The molecule has 0 unspecified atom stereocenters. The van der Waals surface area contributed by atoms with Gasteiger partial charge in [0.05, 0.1) is 19.1 Å². The summed E-state index contributed by atoms with van der Waals surface area (Å²) in [6.45, 7) is 20.2. The van der Waals surface area contributed by atoms with E-state index in [1.807, 2.05) is 25.1 Å². The molecule has 1 aromatic carbocycles. The normalized spacial score (nSPS) is 26.3. The van der Waals surface area contributed by atoms with Crippen molar-refractivity contribution in [1.29, 1.82) is 0 Å². The number of ether oxygens (including phenoxy) is 2. The zero-order valence-corrected chi connectivity index (χ0v) is 28.7. The van der Waals surface area contributed by atoms with Crippen molar-refractivity contribution in [2.24, 2.45) is 22.7 Å². The topological polar surface area (TPSA) is 61.8 Å². The Morgan fingerprint density at radius 1 is 1.02 bits per heavy atom. The lowest BCUT2D eigenvalue weighted by molar-refractivity contribution is -0.159. The Morgan fingerprint density at radius 2 is 1.69 bits per heavy atom. The molecule has 6 heteroatoms. The molecule has 0 radical (unpaired) electrons. The van der Waals surface area contributed by atoms with Crippen LogP contribution in [0.4, 0.5) is 0 Å². The molecule has 1 fully saturated rings. The monoisotopic (exact) mass is 598 g/mol. The highest BCUT2D eigenvalue weighted by Crippen LogP contribution is 2.59. The fraction of sp³-hybridized carbons (Fsp3) is 0.722. The van der Waals surface area contributed by atoms with Crippen molar-refractivity contribution in [2.75, 3.05) is 19.8 Å². The minimum absolute atomic E-state index is 0.0000772.